The predicted molar refractivity (Wildman–Crippen MR) is 105 cm³/mol. The van der Waals surface area contributed by atoms with Crippen molar-refractivity contribution in [3.05, 3.63) is 62.6 Å². The molecule has 3 rings (SSSR count). The molecule has 2 aromatic rings. The minimum absolute atomic E-state index is 0.0236. The molecule has 0 saturated carbocycles. The Balaban J connectivity index is 1.93. The van der Waals surface area contributed by atoms with Gasteiger partial charge in [0, 0.05) is 34.8 Å². The van der Waals surface area contributed by atoms with Crippen LogP contribution in [0.4, 0.5) is 17.1 Å². The predicted octanol–water partition coefficient (Wildman–Crippen LogP) is 5.05. The average molecular weight is 418 g/mol. The van der Waals surface area contributed by atoms with Crippen LogP contribution in [0.2, 0.25) is 0 Å². The molecule has 1 aliphatic rings. The summed E-state index contributed by atoms with van der Waals surface area (Å²) in [5, 5.41) is 14.3. The zero-order valence-corrected chi connectivity index (χ0v) is 16.2. The van der Waals surface area contributed by atoms with Crippen LogP contribution in [-0.4, -0.2) is 16.9 Å². The van der Waals surface area contributed by atoms with Crippen molar-refractivity contribution in [2.45, 2.75) is 38.8 Å². The average Bonchev–Trinajstić information content (AvgIpc) is 2.61. The van der Waals surface area contributed by atoms with E-state index in [9.17, 15) is 14.9 Å². The SMILES string of the molecule is CCC(=O)N1c2cc(Br)ccc2[C@H](Nc2ccc([N+](=O)[O-])cc2)C[C@@H]1C. The third-order valence-electron chi connectivity index (χ3n) is 4.64. The molecule has 1 N–H and O–H groups in total. The van der Waals surface area contributed by atoms with E-state index in [2.05, 4.69) is 21.2 Å². The van der Waals surface area contributed by atoms with Gasteiger partial charge in [-0.2, -0.15) is 0 Å². The summed E-state index contributed by atoms with van der Waals surface area (Å²) >= 11 is 3.49. The molecular formula is C19H20BrN3O3. The monoisotopic (exact) mass is 417 g/mol. The summed E-state index contributed by atoms with van der Waals surface area (Å²) < 4.78 is 0.924. The maximum absolute atomic E-state index is 12.4. The van der Waals surface area contributed by atoms with Crippen molar-refractivity contribution < 1.29 is 9.72 Å². The lowest BCUT2D eigenvalue weighted by Gasteiger charge is -2.40. The summed E-state index contributed by atoms with van der Waals surface area (Å²) in [5.41, 5.74) is 2.84. The number of carbonyl (C=O) groups is 1. The molecule has 2 atom stereocenters. The molecule has 0 radical (unpaired) electrons. The summed E-state index contributed by atoms with van der Waals surface area (Å²) in [6.45, 7) is 3.91. The Kier molecular flexibility index (Phi) is 5.27. The van der Waals surface area contributed by atoms with E-state index in [-0.39, 0.29) is 23.7 Å². The van der Waals surface area contributed by atoms with Crippen molar-refractivity contribution in [1.82, 2.24) is 0 Å². The van der Waals surface area contributed by atoms with Gasteiger partial charge in [-0.05, 0) is 43.2 Å². The van der Waals surface area contributed by atoms with Gasteiger partial charge < -0.3 is 10.2 Å². The lowest BCUT2D eigenvalue weighted by molar-refractivity contribution is -0.384. The number of nitro benzene ring substituents is 1. The van der Waals surface area contributed by atoms with Crippen LogP contribution < -0.4 is 10.2 Å². The Morgan fingerprint density at radius 1 is 1.31 bits per heavy atom. The van der Waals surface area contributed by atoms with Crippen molar-refractivity contribution in [3.63, 3.8) is 0 Å². The van der Waals surface area contributed by atoms with E-state index in [1.165, 1.54) is 12.1 Å². The first-order chi connectivity index (χ1) is 12.4. The standard InChI is InChI=1S/C19H20BrN3O3/c1-3-19(24)22-12(2)10-17(16-9-4-13(20)11-18(16)22)21-14-5-7-15(8-6-14)23(25)26/h4-9,11-12,17,21H,3,10H2,1-2H3/t12-,17+/m0/s1. The second-order valence-electron chi connectivity index (χ2n) is 6.41. The van der Waals surface area contributed by atoms with E-state index in [0.717, 1.165) is 27.8 Å². The highest BCUT2D eigenvalue weighted by molar-refractivity contribution is 9.10. The molecule has 1 amide bonds. The number of carbonyl (C=O) groups excluding carboxylic acids is 1. The first-order valence-electron chi connectivity index (χ1n) is 8.53. The van der Waals surface area contributed by atoms with Crippen LogP contribution in [0.5, 0.6) is 0 Å². The van der Waals surface area contributed by atoms with Crippen LogP contribution in [-0.2, 0) is 4.79 Å². The molecule has 0 saturated heterocycles. The Labute approximate surface area is 160 Å². The normalized spacial score (nSPS) is 19.0. The minimum Gasteiger partial charge on any atom is -0.378 e. The van der Waals surface area contributed by atoms with Crippen molar-refractivity contribution in [2.24, 2.45) is 0 Å². The van der Waals surface area contributed by atoms with Crippen LogP contribution in [0.25, 0.3) is 0 Å². The number of halogens is 1. The Bertz CT molecular complexity index is 838. The molecule has 0 bridgehead atoms. The first kappa shape index (κ1) is 18.4. The van der Waals surface area contributed by atoms with E-state index in [1.54, 1.807) is 12.1 Å². The molecule has 26 heavy (non-hydrogen) atoms. The van der Waals surface area contributed by atoms with Gasteiger partial charge in [0.15, 0.2) is 0 Å². The van der Waals surface area contributed by atoms with Gasteiger partial charge in [-0.25, -0.2) is 0 Å². The molecule has 0 aromatic heterocycles. The molecule has 0 fully saturated rings. The van der Waals surface area contributed by atoms with Crippen LogP contribution in [0, 0.1) is 10.1 Å². The number of nitro groups is 1. The number of nitrogens with zero attached hydrogens (tertiary/aromatic N) is 2. The lowest BCUT2D eigenvalue weighted by atomic mass is 9.91. The third kappa shape index (κ3) is 3.58. The fourth-order valence-electron chi connectivity index (χ4n) is 3.40. The third-order valence-corrected chi connectivity index (χ3v) is 5.13. The maximum atomic E-state index is 12.4. The number of benzene rings is 2. The Morgan fingerprint density at radius 2 is 2.00 bits per heavy atom. The maximum Gasteiger partial charge on any atom is 0.269 e. The largest absolute Gasteiger partial charge is 0.378 e. The van der Waals surface area contributed by atoms with Gasteiger partial charge in [0.05, 0.1) is 16.7 Å². The smallest absolute Gasteiger partial charge is 0.269 e. The topological polar surface area (TPSA) is 75.5 Å². The molecule has 1 heterocycles. The van der Waals surface area contributed by atoms with E-state index in [1.807, 2.05) is 36.9 Å². The van der Waals surface area contributed by atoms with E-state index in [4.69, 9.17) is 0 Å². The number of hydrogen-bond donors (Lipinski definition) is 1. The Hall–Kier alpha value is -2.41. The van der Waals surface area contributed by atoms with Gasteiger partial charge in [-0.15, -0.1) is 0 Å². The van der Waals surface area contributed by atoms with Crippen molar-refractivity contribution in [2.75, 3.05) is 10.2 Å². The fourth-order valence-corrected chi connectivity index (χ4v) is 3.75. The number of fused-ring (bicyclic) bond motifs is 1. The van der Waals surface area contributed by atoms with Crippen molar-refractivity contribution >= 4 is 38.9 Å². The molecule has 0 spiro atoms. The summed E-state index contributed by atoms with van der Waals surface area (Å²) in [5.74, 6) is 0.102. The number of nitrogens with one attached hydrogen (secondary N) is 1. The van der Waals surface area contributed by atoms with Crippen molar-refractivity contribution in [3.8, 4) is 0 Å². The summed E-state index contributed by atoms with van der Waals surface area (Å²) in [6, 6.07) is 12.4. The second-order valence-corrected chi connectivity index (χ2v) is 7.32. The summed E-state index contributed by atoms with van der Waals surface area (Å²) in [4.78, 5) is 24.7. The first-order valence-corrected chi connectivity index (χ1v) is 9.32. The molecule has 0 aliphatic carbocycles. The zero-order valence-electron chi connectivity index (χ0n) is 14.6. The van der Waals surface area contributed by atoms with Crippen LogP contribution in [0.1, 0.15) is 38.3 Å². The van der Waals surface area contributed by atoms with Crippen molar-refractivity contribution in [1.29, 1.82) is 0 Å². The van der Waals surface area contributed by atoms with Gasteiger partial charge in [0.25, 0.3) is 5.69 Å². The van der Waals surface area contributed by atoms with E-state index in [0.29, 0.717) is 6.42 Å². The van der Waals surface area contributed by atoms with Crippen LogP contribution >= 0.6 is 15.9 Å². The van der Waals surface area contributed by atoms with E-state index >= 15 is 0 Å². The van der Waals surface area contributed by atoms with E-state index < -0.39 is 4.92 Å². The highest BCUT2D eigenvalue weighted by Gasteiger charge is 2.33. The Morgan fingerprint density at radius 3 is 2.62 bits per heavy atom. The highest BCUT2D eigenvalue weighted by Crippen LogP contribution is 2.40. The number of rotatable bonds is 4. The molecule has 136 valence electrons. The summed E-state index contributed by atoms with van der Waals surface area (Å²) in [6.07, 6.45) is 1.22. The minimum atomic E-state index is -0.409. The van der Waals surface area contributed by atoms with Gasteiger partial charge in [-0.1, -0.05) is 28.9 Å². The van der Waals surface area contributed by atoms with Gasteiger partial charge >= 0.3 is 0 Å². The number of non-ortho nitro benzene ring substituents is 1. The molecule has 2 aromatic carbocycles. The molecule has 1 aliphatic heterocycles. The molecule has 0 unspecified atom stereocenters. The highest BCUT2D eigenvalue weighted by atomic mass is 79.9. The van der Waals surface area contributed by atoms with Gasteiger partial charge in [-0.3, -0.25) is 14.9 Å². The number of anilines is 2. The number of amides is 1. The molecule has 7 heteroatoms. The molecule has 6 nitrogen and oxygen atoms in total. The second kappa shape index (κ2) is 7.45. The van der Waals surface area contributed by atoms with Crippen LogP contribution in [0.3, 0.4) is 0 Å². The fraction of sp³-hybridized carbons (Fsp3) is 0.316. The number of hydrogen-bond acceptors (Lipinski definition) is 4. The zero-order chi connectivity index (χ0) is 18.8. The lowest BCUT2D eigenvalue weighted by Crippen LogP contribution is -2.44. The molecular weight excluding hydrogens is 398 g/mol. The summed E-state index contributed by atoms with van der Waals surface area (Å²) in [7, 11) is 0. The quantitative estimate of drug-likeness (QED) is 0.557. The van der Waals surface area contributed by atoms with Gasteiger partial charge in [0.1, 0.15) is 0 Å². The van der Waals surface area contributed by atoms with Gasteiger partial charge in [0.2, 0.25) is 5.91 Å². The van der Waals surface area contributed by atoms with Crippen LogP contribution in [0.15, 0.2) is 46.9 Å².